The summed E-state index contributed by atoms with van der Waals surface area (Å²) in [6.45, 7) is 1.56. The van der Waals surface area contributed by atoms with Gasteiger partial charge in [0.15, 0.2) is 0 Å². The van der Waals surface area contributed by atoms with Crippen LogP contribution in [0.15, 0.2) is 0 Å². The monoisotopic (exact) mass is 788 g/mol. The molecule has 4 nitrogen and oxygen atoms in total. The molecule has 0 radical (unpaired) electrons. The van der Waals surface area contributed by atoms with Crippen molar-refractivity contribution in [2.45, 2.75) is 119 Å². The summed E-state index contributed by atoms with van der Waals surface area (Å²) in [5.74, 6) is -10.8. The van der Waals surface area contributed by atoms with Crippen molar-refractivity contribution in [1.82, 2.24) is 0 Å². The highest BCUT2D eigenvalue weighted by Gasteiger charge is 2.76. The van der Waals surface area contributed by atoms with Gasteiger partial charge in [-0.3, -0.25) is 0 Å². The molecule has 4 saturated carbocycles. The van der Waals surface area contributed by atoms with Crippen LogP contribution in [0.4, 0.5) is 79.0 Å². The van der Waals surface area contributed by atoms with Crippen LogP contribution in [-0.2, 0) is 9.47 Å². The molecule has 4 fully saturated rings. The number of rotatable bonds is 10. The van der Waals surface area contributed by atoms with Gasteiger partial charge >= 0.3 is 37.1 Å². The maximum absolute atomic E-state index is 14.3. The van der Waals surface area contributed by atoms with Crippen LogP contribution in [0.3, 0.4) is 0 Å². The van der Waals surface area contributed by atoms with Crippen LogP contribution in [0.1, 0.15) is 58.8 Å². The van der Waals surface area contributed by atoms with Gasteiger partial charge in [-0.25, -0.2) is 0 Å². The standard InChI is InChI=1S/C29H34F18O4/c1-11-12(2)16-4-13(11)3-15(16)7-23(28(42,43)44,29(45,46)47)51-10-50-20-6-14-5-17(20)19(9-22(49,26(36,37)38)27(39,40)41)18(14)8-21(48,24(30,31)32)25(33,34)35/h11-20,48-49H,3-10H2,1-2H3. The van der Waals surface area contributed by atoms with E-state index in [2.05, 4.69) is 4.74 Å². The molecule has 2 N–H and O–H groups in total. The van der Waals surface area contributed by atoms with Gasteiger partial charge in [0.2, 0.25) is 0 Å². The van der Waals surface area contributed by atoms with Crippen LogP contribution < -0.4 is 0 Å². The molecule has 0 heterocycles. The zero-order valence-electron chi connectivity index (χ0n) is 26.4. The zero-order chi connectivity index (χ0) is 39.3. The second-order valence-corrected chi connectivity index (χ2v) is 14.7. The first-order valence-electron chi connectivity index (χ1n) is 15.7. The summed E-state index contributed by atoms with van der Waals surface area (Å²) in [6, 6.07) is 0. The second-order valence-electron chi connectivity index (χ2n) is 14.7. The van der Waals surface area contributed by atoms with Crippen molar-refractivity contribution < 1.29 is 98.7 Å². The highest BCUT2D eigenvalue weighted by molar-refractivity contribution is 5.10. The minimum absolute atomic E-state index is 0.00721. The first-order valence-corrected chi connectivity index (χ1v) is 15.7. The molecule has 0 aromatic carbocycles. The van der Waals surface area contributed by atoms with Crippen LogP contribution in [0.2, 0.25) is 0 Å². The van der Waals surface area contributed by atoms with Crippen molar-refractivity contribution in [1.29, 1.82) is 0 Å². The van der Waals surface area contributed by atoms with Gasteiger partial charge in [-0.15, -0.1) is 0 Å². The van der Waals surface area contributed by atoms with E-state index in [-0.39, 0.29) is 24.2 Å². The van der Waals surface area contributed by atoms with E-state index in [9.17, 15) is 89.2 Å². The Morgan fingerprint density at radius 2 is 0.922 bits per heavy atom. The molecule has 0 saturated heterocycles. The molecule has 0 spiro atoms. The fourth-order valence-electron chi connectivity index (χ4n) is 9.35. The third-order valence-corrected chi connectivity index (χ3v) is 12.3. The number of hydrogen-bond donors (Lipinski definition) is 2. The Bertz CT molecular complexity index is 1190. The van der Waals surface area contributed by atoms with E-state index < -0.39 is 134 Å². The van der Waals surface area contributed by atoms with Gasteiger partial charge in [0.1, 0.15) is 6.79 Å². The smallest absolute Gasteiger partial charge is 0.374 e. The van der Waals surface area contributed by atoms with Gasteiger partial charge in [-0.2, -0.15) is 79.0 Å². The summed E-state index contributed by atoms with van der Waals surface area (Å²) >= 11 is 0. The Balaban J connectivity index is 1.63. The molecule has 4 bridgehead atoms. The van der Waals surface area contributed by atoms with Gasteiger partial charge in [0, 0.05) is 0 Å². The molecule has 4 rings (SSSR count). The number of fused-ring (bicyclic) bond motifs is 4. The first kappa shape index (κ1) is 42.3. The highest BCUT2D eigenvalue weighted by atomic mass is 19.4. The minimum atomic E-state index is -6.62. The van der Waals surface area contributed by atoms with E-state index in [0.29, 0.717) is 6.42 Å². The molecular weight excluding hydrogens is 754 g/mol. The van der Waals surface area contributed by atoms with E-state index in [4.69, 9.17) is 4.74 Å². The fourth-order valence-corrected chi connectivity index (χ4v) is 9.35. The molecule has 51 heavy (non-hydrogen) atoms. The number of halogens is 18. The topological polar surface area (TPSA) is 58.9 Å². The van der Waals surface area contributed by atoms with Gasteiger partial charge in [0.05, 0.1) is 6.10 Å². The van der Waals surface area contributed by atoms with Crippen molar-refractivity contribution in [3.63, 3.8) is 0 Å². The quantitative estimate of drug-likeness (QED) is 0.171. The molecule has 22 heteroatoms. The molecular formula is C29H34F18O4. The van der Waals surface area contributed by atoms with Crippen molar-refractivity contribution in [3.8, 4) is 0 Å². The normalized spacial score (nSPS) is 34.2. The maximum atomic E-state index is 14.3. The summed E-state index contributed by atoms with van der Waals surface area (Å²) in [4.78, 5) is 0. The Morgan fingerprint density at radius 3 is 1.31 bits per heavy atom. The predicted molar refractivity (Wildman–Crippen MR) is 135 cm³/mol. The summed E-state index contributed by atoms with van der Waals surface area (Å²) < 4.78 is 258. The molecule has 0 aromatic heterocycles. The molecule has 10 atom stereocenters. The van der Waals surface area contributed by atoms with Crippen molar-refractivity contribution >= 4 is 0 Å². The van der Waals surface area contributed by atoms with Gasteiger partial charge in [-0.1, -0.05) is 13.8 Å². The van der Waals surface area contributed by atoms with Crippen molar-refractivity contribution in [2.75, 3.05) is 6.79 Å². The van der Waals surface area contributed by atoms with Crippen LogP contribution in [0.5, 0.6) is 0 Å². The lowest BCUT2D eigenvalue weighted by Gasteiger charge is -2.44. The highest BCUT2D eigenvalue weighted by Crippen LogP contribution is 2.63. The number of alkyl halides is 18. The maximum Gasteiger partial charge on any atom is 0.426 e. The zero-order valence-corrected chi connectivity index (χ0v) is 26.4. The largest absolute Gasteiger partial charge is 0.426 e. The molecule has 10 unspecified atom stereocenters. The Morgan fingerprint density at radius 1 is 0.490 bits per heavy atom. The third-order valence-electron chi connectivity index (χ3n) is 12.3. The number of ether oxygens (including phenoxy) is 2. The van der Waals surface area contributed by atoms with E-state index in [1.54, 1.807) is 13.8 Å². The van der Waals surface area contributed by atoms with Crippen LogP contribution in [0.25, 0.3) is 0 Å². The van der Waals surface area contributed by atoms with Crippen LogP contribution in [0, 0.1) is 53.3 Å². The van der Waals surface area contributed by atoms with Crippen LogP contribution in [-0.4, -0.2) is 77.0 Å². The Kier molecular flexibility index (Phi) is 10.6. The molecule has 4 aliphatic rings. The Labute approximate surface area is 278 Å². The molecule has 0 aliphatic heterocycles. The summed E-state index contributed by atoms with van der Waals surface area (Å²) in [6.07, 6.45) is -48.6. The Hall–Kier alpha value is -1.42. The summed E-state index contributed by atoms with van der Waals surface area (Å²) in [5.41, 5.74) is -16.3. The lowest BCUT2D eigenvalue weighted by molar-refractivity contribution is -0.401. The third kappa shape index (κ3) is 7.01. The van der Waals surface area contributed by atoms with Crippen molar-refractivity contribution in [3.05, 3.63) is 0 Å². The van der Waals surface area contributed by atoms with Gasteiger partial charge in [-0.05, 0) is 98.2 Å². The lowest BCUT2D eigenvalue weighted by Crippen LogP contribution is -2.61. The summed E-state index contributed by atoms with van der Waals surface area (Å²) in [5, 5.41) is 19.5. The number of aliphatic hydroxyl groups is 2. The second kappa shape index (κ2) is 12.8. The SMILES string of the molecule is CC1C2CC(CC(OCOC3CC4CC3C(CC(O)(C(F)(F)F)C(F)(F)F)C4CC(O)(C(F)(F)F)C(F)(F)F)(C(F)(F)F)C(F)(F)F)C(C2)C1C. The molecule has 4 aliphatic carbocycles. The van der Waals surface area contributed by atoms with E-state index in [1.807, 2.05) is 0 Å². The van der Waals surface area contributed by atoms with E-state index in [0.717, 1.165) is 0 Å². The number of hydrogen-bond acceptors (Lipinski definition) is 4. The average molecular weight is 789 g/mol. The first-order chi connectivity index (χ1) is 22.6. The molecule has 300 valence electrons. The fraction of sp³-hybridized carbons (Fsp3) is 1.00. The summed E-state index contributed by atoms with van der Waals surface area (Å²) in [7, 11) is 0. The van der Waals surface area contributed by atoms with Crippen molar-refractivity contribution in [2.24, 2.45) is 53.3 Å². The van der Waals surface area contributed by atoms with Gasteiger partial charge in [0.25, 0.3) is 16.8 Å². The van der Waals surface area contributed by atoms with E-state index in [1.165, 1.54) is 0 Å². The van der Waals surface area contributed by atoms with Gasteiger partial charge < -0.3 is 19.7 Å². The average Bonchev–Trinajstić information content (AvgIpc) is 3.66. The minimum Gasteiger partial charge on any atom is -0.374 e. The molecule has 0 aromatic rings. The predicted octanol–water partition coefficient (Wildman–Crippen LogP) is 9.29. The molecule has 0 amide bonds. The van der Waals surface area contributed by atoms with E-state index >= 15 is 0 Å². The van der Waals surface area contributed by atoms with Crippen LogP contribution >= 0.6 is 0 Å². The lowest BCUT2D eigenvalue weighted by atomic mass is 9.68.